The van der Waals surface area contributed by atoms with Gasteiger partial charge in [-0.15, -0.1) is 0 Å². The van der Waals surface area contributed by atoms with Crippen LogP contribution in [0.4, 0.5) is 0 Å². The minimum absolute atomic E-state index is 0.831. The van der Waals surface area contributed by atoms with Crippen molar-refractivity contribution in [2.45, 2.75) is 0 Å². The Morgan fingerprint density at radius 3 is 3.33 bits per heavy atom. The van der Waals surface area contributed by atoms with Crippen molar-refractivity contribution in [1.82, 2.24) is 5.32 Å². The summed E-state index contributed by atoms with van der Waals surface area (Å²) < 4.78 is 5.06. The molecule has 1 radical (unpaired) electrons. The number of hydrogen-bond acceptors (Lipinski definition) is 2. The van der Waals surface area contributed by atoms with Crippen LogP contribution in [-0.4, -0.2) is 0 Å². The molecule has 0 saturated heterocycles. The first-order chi connectivity index (χ1) is 4.47. The maximum Gasteiger partial charge on any atom is 0.269 e. The van der Waals surface area contributed by atoms with Crippen LogP contribution in [0, 0.1) is 6.23 Å². The second kappa shape index (κ2) is 1.65. The number of dihydropyridines is 1. The summed E-state index contributed by atoms with van der Waals surface area (Å²) in [6.45, 7) is 0. The average Bonchev–Trinajstić information content (AvgIpc) is 2.33. The highest BCUT2D eigenvalue weighted by Gasteiger charge is 2.18. The molecule has 0 aromatic heterocycles. The molecule has 0 spiro atoms. The lowest BCUT2D eigenvalue weighted by Gasteiger charge is -2.11. The molecule has 0 aliphatic carbocycles. The Kier molecular flexibility index (Phi) is 0.859. The fourth-order valence-corrected chi connectivity index (χ4v) is 0.843. The highest BCUT2D eigenvalue weighted by molar-refractivity contribution is 5.39. The summed E-state index contributed by atoms with van der Waals surface area (Å²) in [7, 11) is 0. The van der Waals surface area contributed by atoms with Gasteiger partial charge in [0, 0.05) is 11.8 Å². The molecule has 0 amide bonds. The van der Waals surface area contributed by atoms with E-state index in [-0.39, 0.29) is 0 Å². The molecule has 0 atom stereocenters. The largest absolute Gasteiger partial charge is 0.465 e. The van der Waals surface area contributed by atoms with Crippen molar-refractivity contribution < 1.29 is 4.74 Å². The van der Waals surface area contributed by atoms with Gasteiger partial charge in [-0.05, 0) is 12.2 Å². The normalized spacial score (nSPS) is 22.4. The van der Waals surface area contributed by atoms with Crippen LogP contribution in [-0.2, 0) is 4.74 Å². The third-order valence-electron chi connectivity index (χ3n) is 1.28. The molecule has 2 heteroatoms. The van der Waals surface area contributed by atoms with E-state index < -0.39 is 0 Å². The number of rotatable bonds is 0. The lowest BCUT2D eigenvalue weighted by molar-refractivity contribution is 0.276. The van der Waals surface area contributed by atoms with Gasteiger partial charge in [0.05, 0.1) is 6.26 Å². The highest BCUT2D eigenvalue weighted by atomic mass is 16.5. The Morgan fingerprint density at radius 2 is 2.44 bits per heavy atom. The molecule has 45 valence electrons. The van der Waals surface area contributed by atoms with Crippen molar-refractivity contribution >= 4 is 0 Å². The Morgan fingerprint density at radius 1 is 1.44 bits per heavy atom. The summed E-state index contributed by atoms with van der Waals surface area (Å²) in [5.41, 5.74) is 1.11. The molecule has 1 N–H and O–H groups in total. The first-order valence-corrected chi connectivity index (χ1v) is 2.81. The van der Waals surface area contributed by atoms with Crippen LogP contribution in [0.15, 0.2) is 36.3 Å². The van der Waals surface area contributed by atoms with Crippen LogP contribution in [0.2, 0.25) is 0 Å². The maximum atomic E-state index is 5.06. The van der Waals surface area contributed by atoms with Gasteiger partial charge in [0.25, 0.3) is 6.23 Å². The second-order valence-corrected chi connectivity index (χ2v) is 1.88. The molecule has 2 nitrogen and oxygen atoms in total. The zero-order chi connectivity index (χ0) is 6.10. The molecule has 2 aliphatic rings. The van der Waals surface area contributed by atoms with E-state index in [9.17, 15) is 0 Å². The van der Waals surface area contributed by atoms with Crippen molar-refractivity contribution in [3.63, 3.8) is 0 Å². The van der Waals surface area contributed by atoms with Gasteiger partial charge in [-0.3, -0.25) is 0 Å². The third kappa shape index (κ3) is 0.633. The van der Waals surface area contributed by atoms with Gasteiger partial charge in [-0.25, -0.2) is 0 Å². The number of allylic oxidation sites excluding steroid dienone is 2. The van der Waals surface area contributed by atoms with Crippen LogP contribution in [0.1, 0.15) is 0 Å². The van der Waals surface area contributed by atoms with Gasteiger partial charge in [-0.1, -0.05) is 6.08 Å². The zero-order valence-corrected chi connectivity index (χ0v) is 4.79. The lowest BCUT2D eigenvalue weighted by atomic mass is 10.2. The first kappa shape index (κ1) is 4.68. The molecule has 0 unspecified atom stereocenters. The number of nitrogens with one attached hydrogen (secondary N) is 1. The molecule has 0 aromatic rings. The van der Waals surface area contributed by atoms with E-state index in [1.54, 1.807) is 6.26 Å². The Balaban J connectivity index is 2.31. The van der Waals surface area contributed by atoms with Crippen LogP contribution >= 0.6 is 0 Å². The minimum atomic E-state index is 0.831. The monoisotopic (exact) mass is 120 g/mol. The topological polar surface area (TPSA) is 21.3 Å². The number of fused-ring (bicyclic) bond motifs is 1. The molecular weight excluding hydrogens is 114 g/mol. The summed E-state index contributed by atoms with van der Waals surface area (Å²) in [6.07, 6.45) is 10.2. The van der Waals surface area contributed by atoms with E-state index in [0.717, 1.165) is 11.8 Å². The van der Waals surface area contributed by atoms with E-state index >= 15 is 0 Å². The smallest absolute Gasteiger partial charge is 0.269 e. The molecule has 0 fully saturated rings. The quantitative estimate of drug-likeness (QED) is 0.516. The van der Waals surface area contributed by atoms with Gasteiger partial charge in [-0.2, -0.15) is 0 Å². The van der Waals surface area contributed by atoms with Crippen molar-refractivity contribution in [2.75, 3.05) is 0 Å². The maximum absolute atomic E-state index is 5.06. The van der Waals surface area contributed by atoms with Crippen LogP contribution in [0.3, 0.4) is 0 Å². The average molecular weight is 120 g/mol. The molecule has 0 bridgehead atoms. The fourth-order valence-electron chi connectivity index (χ4n) is 0.843. The summed E-state index contributed by atoms with van der Waals surface area (Å²) in [5.74, 6) is 0. The second-order valence-electron chi connectivity index (χ2n) is 1.88. The van der Waals surface area contributed by atoms with Gasteiger partial charge >= 0.3 is 0 Å². The molecular formula is C7H6NO. The standard InChI is InChI=1S/C7H6NO/c1-2-6-3-5-9-7(6)8-4-1/h1-5,8H. The molecule has 2 rings (SSSR count). The lowest BCUT2D eigenvalue weighted by Crippen LogP contribution is -2.17. The third-order valence-corrected chi connectivity index (χ3v) is 1.28. The van der Waals surface area contributed by atoms with Crippen molar-refractivity contribution in [2.24, 2.45) is 0 Å². The van der Waals surface area contributed by atoms with Gasteiger partial charge in [0.2, 0.25) is 0 Å². The van der Waals surface area contributed by atoms with E-state index in [2.05, 4.69) is 5.32 Å². The van der Waals surface area contributed by atoms with E-state index in [1.165, 1.54) is 0 Å². The summed E-state index contributed by atoms with van der Waals surface area (Å²) in [4.78, 5) is 0. The summed E-state index contributed by atoms with van der Waals surface area (Å²) in [5, 5.41) is 2.96. The van der Waals surface area contributed by atoms with E-state index in [0.29, 0.717) is 0 Å². The molecule has 9 heavy (non-hydrogen) atoms. The summed E-state index contributed by atoms with van der Waals surface area (Å²) in [6, 6.07) is 0. The Bertz CT molecular complexity index is 203. The summed E-state index contributed by atoms with van der Waals surface area (Å²) >= 11 is 0. The number of ether oxygens (including phenoxy) is 1. The number of hydrogen-bond donors (Lipinski definition) is 1. The van der Waals surface area contributed by atoms with Crippen LogP contribution in [0.25, 0.3) is 0 Å². The van der Waals surface area contributed by atoms with Crippen molar-refractivity contribution in [3.8, 4) is 0 Å². The molecule has 0 saturated carbocycles. The Labute approximate surface area is 53.5 Å². The van der Waals surface area contributed by atoms with Crippen molar-refractivity contribution in [3.05, 3.63) is 42.5 Å². The van der Waals surface area contributed by atoms with E-state index in [4.69, 9.17) is 4.74 Å². The molecule has 2 heterocycles. The van der Waals surface area contributed by atoms with Gasteiger partial charge < -0.3 is 10.1 Å². The first-order valence-electron chi connectivity index (χ1n) is 2.81. The highest BCUT2D eigenvalue weighted by Crippen LogP contribution is 2.22. The van der Waals surface area contributed by atoms with Gasteiger partial charge in [0.15, 0.2) is 0 Å². The van der Waals surface area contributed by atoms with Crippen LogP contribution < -0.4 is 5.32 Å². The fraction of sp³-hybridized carbons (Fsp3) is 0. The van der Waals surface area contributed by atoms with Gasteiger partial charge in [0.1, 0.15) is 0 Å². The molecule has 2 aliphatic heterocycles. The zero-order valence-electron chi connectivity index (χ0n) is 4.79. The Hall–Kier alpha value is -1.18. The van der Waals surface area contributed by atoms with E-state index in [1.807, 2.05) is 24.4 Å². The van der Waals surface area contributed by atoms with Crippen molar-refractivity contribution in [1.29, 1.82) is 0 Å². The SMILES string of the molecule is C1=CN[C]2OC=CC2=C1. The predicted octanol–water partition coefficient (Wildman–Crippen LogP) is 1.06. The molecule has 0 aromatic carbocycles. The minimum Gasteiger partial charge on any atom is -0.465 e. The van der Waals surface area contributed by atoms with Crippen LogP contribution in [0.5, 0.6) is 0 Å². The predicted molar refractivity (Wildman–Crippen MR) is 33.8 cm³/mol.